The Hall–Kier alpha value is -4.49. The average molecular weight is 458 g/mol. The lowest BCUT2D eigenvalue weighted by molar-refractivity contribution is -0.119. The van der Waals surface area contributed by atoms with Crippen molar-refractivity contribution in [3.8, 4) is 16.6 Å². The maximum atomic E-state index is 12.9. The van der Waals surface area contributed by atoms with Gasteiger partial charge >= 0.3 is 5.97 Å². The number of carbonyl (C=O) groups is 2. The minimum absolute atomic E-state index is 0.0348. The van der Waals surface area contributed by atoms with Crippen molar-refractivity contribution < 1.29 is 23.3 Å². The van der Waals surface area contributed by atoms with Gasteiger partial charge < -0.3 is 19.0 Å². The van der Waals surface area contributed by atoms with E-state index < -0.39 is 18.5 Å². The molecule has 4 heterocycles. The molecule has 0 radical (unpaired) electrons. The third kappa shape index (κ3) is 3.71. The van der Waals surface area contributed by atoms with E-state index in [1.165, 1.54) is 11.3 Å². The minimum Gasteiger partial charge on any atom is -0.452 e. The molecular formula is C23H14N4O5S. The van der Waals surface area contributed by atoms with Crippen LogP contribution in [0.5, 0.6) is 0 Å². The predicted octanol–water partition coefficient (Wildman–Crippen LogP) is 4.67. The number of amides is 1. The Balaban J connectivity index is 1.38. The molecule has 1 N–H and O–H groups in total. The van der Waals surface area contributed by atoms with Crippen LogP contribution in [0.2, 0.25) is 0 Å². The molecule has 4 aromatic heterocycles. The summed E-state index contributed by atoms with van der Waals surface area (Å²) in [6.07, 6.45) is 0. The van der Waals surface area contributed by atoms with Crippen molar-refractivity contribution in [2.24, 2.45) is 0 Å². The third-order valence-electron chi connectivity index (χ3n) is 4.91. The first kappa shape index (κ1) is 20.4. The number of pyridine rings is 1. The number of furan rings is 1. The van der Waals surface area contributed by atoms with E-state index in [1.807, 2.05) is 23.6 Å². The number of anilines is 1. The second-order valence-electron chi connectivity index (χ2n) is 7.02. The number of hydrogen-bond donors (Lipinski definition) is 1. The molecule has 0 aliphatic heterocycles. The van der Waals surface area contributed by atoms with Gasteiger partial charge in [-0.25, -0.2) is 9.78 Å². The zero-order chi connectivity index (χ0) is 22.9. The van der Waals surface area contributed by atoms with Crippen LogP contribution in [0.4, 0.5) is 5.69 Å². The van der Waals surface area contributed by atoms with Gasteiger partial charge in [0.2, 0.25) is 5.76 Å². The molecule has 0 atom stereocenters. The number of fused-ring (bicyclic) bond motifs is 2. The van der Waals surface area contributed by atoms with Gasteiger partial charge in [0.25, 0.3) is 11.6 Å². The lowest BCUT2D eigenvalue weighted by atomic mass is 10.1. The van der Waals surface area contributed by atoms with Gasteiger partial charge in [-0.05, 0) is 36.6 Å². The van der Waals surface area contributed by atoms with Gasteiger partial charge in [0, 0.05) is 5.39 Å². The second-order valence-corrected chi connectivity index (χ2v) is 7.97. The van der Waals surface area contributed by atoms with E-state index in [-0.39, 0.29) is 22.7 Å². The van der Waals surface area contributed by atoms with Crippen molar-refractivity contribution in [1.82, 2.24) is 10.1 Å². The maximum absolute atomic E-state index is 12.9. The van der Waals surface area contributed by atoms with Crippen molar-refractivity contribution in [2.45, 2.75) is 6.92 Å². The standard InChI is InChI=1S/C23H14N4O5S/c1-12-20-14(9-15(18-7-4-8-33-18)25-22(20)32-27-12)23(29)30-11-19(28)26-21-13-5-2-3-6-16(13)31-17(21)10-24/h2-9H,11H2,1H3,(H,26,28). The highest BCUT2D eigenvalue weighted by atomic mass is 32.1. The van der Waals surface area contributed by atoms with Crippen LogP contribution in [0.15, 0.2) is 56.8 Å². The molecular weight excluding hydrogens is 444 g/mol. The molecule has 33 heavy (non-hydrogen) atoms. The fourth-order valence-corrected chi connectivity index (χ4v) is 4.13. The van der Waals surface area contributed by atoms with Crippen LogP contribution in [-0.4, -0.2) is 28.6 Å². The Morgan fingerprint density at radius 3 is 2.88 bits per heavy atom. The van der Waals surface area contributed by atoms with Crippen molar-refractivity contribution in [3.63, 3.8) is 0 Å². The number of nitrogens with zero attached hydrogens (tertiary/aromatic N) is 3. The monoisotopic (exact) mass is 458 g/mol. The molecule has 0 spiro atoms. The summed E-state index contributed by atoms with van der Waals surface area (Å²) in [6.45, 7) is 1.13. The Labute approximate surface area is 190 Å². The fraction of sp³-hybridized carbons (Fsp3) is 0.0870. The molecule has 0 bridgehead atoms. The second kappa shape index (κ2) is 8.22. The summed E-state index contributed by atoms with van der Waals surface area (Å²) in [4.78, 5) is 30.7. The van der Waals surface area contributed by atoms with E-state index in [9.17, 15) is 14.9 Å². The number of thiophene rings is 1. The number of nitrogens with one attached hydrogen (secondary N) is 1. The normalized spacial score (nSPS) is 10.9. The molecule has 5 aromatic rings. The Morgan fingerprint density at radius 1 is 1.24 bits per heavy atom. The van der Waals surface area contributed by atoms with Gasteiger partial charge in [0.1, 0.15) is 17.3 Å². The smallest absolute Gasteiger partial charge is 0.339 e. The van der Waals surface area contributed by atoms with Gasteiger partial charge in [-0.15, -0.1) is 11.3 Å². The molecule has 0 saturated heterocycles. The molecule has 0 unspecified atom stereocenters. The van der Waals surface area contributed by atoms with Crippen LogP contribution in [0.25, 0.3) is 32.6 Å². The third-order valence-corrected chi connectivity index (χ3v) is 5.80. The van der Waals surface area contributed by atoms with E-state index >= 15 is 0 Å². The number of carbonyl (C=O) groups excluding carboxylic acids is 2. The van der Waals surface area contributed by atoms with Gasteiger partial charge in [-0.2, -0.15) is 5.26 Å². The van der Waals surface area contributed by atoms with E-state index in [2.05, 4.69) is 15.5 Å². The van der Waals surface area contributed by atoms with E-state index in [1.54, 1.807) is 37.3 Å². The summed E-state index contributed by atoms with van der Waals surface area (Å²) in [5.74, 6) is -1.37. The highest BCUT2D eigenvalue weighted by Crippen LogP contribution is 2.31. The number of hydrogen-bond acceptors (Lipinski definition) is 9. The average Bonchev–Trinajstić information content (AvgIpc) is 3.57. The van der Waals surface area contributed by atoms with Crippen LogP contribution in [0.3, 0.4) is 0 Å². The Morgan fingerprint density at radius 2 is 2.09 bits per heavy atom. The van der Waals surface area contributed by atoms with Gasteiger partial charge in [0.05, 0.1) is 27.2 Å². The lowest BCUT2D eigenvalue weighted by Crippen LogP contribution is -2.21. The first-order valence-corrected chi connectivity index (χ1v) is 10.6. The molecule has 0 aliphatic carbocycles. The zero-order valence-electron chi connectivity index (χ0n) is 17.1. The summed E-state index contributed by atoms with van der Waals surface area (Å²) < 4.78 is 16.0. The fourth-order valence-electron chi connectivity index (χ4n) is 3.44. The first-order valence-electron chi connectivity index (χ1n) is 9.74. The topological polar surface area (TPSA) is 131 Å². The summed E-state index contributed by atoms with van der Waals surface area (Å²) in [6, 6.07) is 14.2. The highest BCUT2D eigenvalue weighted by Gasteiger charge is 2.22. The molecule has 1 amide bonds. The molecule has 1 aromatic carbocycles. The number of ether oxygens (including phenoxy) is 1. The van der Waals surface area contributed by atoms with Gasteiger partial charge in [-0.1, -0.05) is 23.4 Å². The number of nitriles is 1. The summed E-state index contributed by atoms with van der Waals surface area (Å²) in [5.41, 5.74) is 2.11. The predicted molar refractivity (Wildman–Crippen MR) is 120 cm³/mol. The number of para-hydroxylation sites is 1. The highest BCUT2D eigenvalue weighted by molar-refractivity contribution is 7.13. The van der Waals surface area contributed by atoms with Crippen molar-refractivity contribution in [1.29, 1.82) is 5.26 Å². The summed E-state index contributed by atoms with van der Waals surface area (Å²) in [7, 11) is 0. The molecule has 10 heteroatoms. The van der Waals surface area contributed by atoms with Gasteiger partial charge in [0.15, 0.2) is 6.61 Å². The van der Waals surface area contributed by atoms with Crippen molar-refractivity contribution in [3.05, 3.63) is 64.9 Å². The molecule has 9 nitrogen and oxygen atoms in total. The molecule has 0 fully saturated rings. The number of benzene rings is 1. The zero-order valence-corrected chi connectivity index (χ0v) is 17.9. The first-order chi connectivity index (χ1) is 16.0. The van der Waals surface area contributed by atoms with E-state index in [0.29, 0.717) is 27.7 Å². The van der Waals surface area contributed by atoms with E-state index in [0.717, 1.165) is 4.88 Å². The van der Waals surface area contributed by atoms with Crippen molar-refractivity contribution >= 4 is 51.0 Å². The van der Waals surface area contributed by atoms with Crippen LogP contribution in [-0.2, 0) is 9.53 Å². The largest absolute Gasteiger partial charge is 0.452 e. The molecule has 162 valence electrons. The molecule has 5 rings (SSSR count). The van der Waals surface area contributed by atoms with Crippen LogP contribution in [0, 0.1) is 18.3 Å². The number of rotatable bonds is 5. The molecule has 0 aliphatic rings. The summed E-state index contributed by atoms with van der Waals surface area (Å²) in [5, 5.41) is 18.7. The van der Waals surface area contributed by atoms with Crippen LogP contribution >= 0.6 is 11.3 Å². The quantitative estimate of drug-likeness (QED) is 0.376. The van der Waals surface area contributed by atoms with Crippen LogP contribution in [0.1, 0.15) is 21.8 Å². The molecule has 0 saturated carbocycles. The van der Waals surface area contributed by atoms with Crippen LogP contribution < -0.4 is 5.32 Å². The van der Waals surface area contributed by atoms with E-state index in [4.69, 9.17) is 13.7 Å². The SMILES string of the molecule is Cc1noc2nc(-c3cccs3)cc(C(=O)OCC(=O)Nc3c(C#N)oc4ccccc34)c12. The van der Waals surface area contributed by atoms with Gasteiger partial charge in [-0.3, -0.25) is 4.79 Å². The van der Waals surface area contributed by atoms with Crippen molar-refractivity contribution in [2.75, 3.05) is 11.9 Å². The number of esters is 1. The minimum atomic E-state index is -0.723. The lowest BCUT2D eigenvalue weighted by Gasteiger charge is -2.08. The number of aromatic nitrogens is 2. The Kier molecular flexibility index (Phi) is 5.08. The maximum Gasteiger partial charge on any atom is 0.339 e. The Bertz CT molecular complexity index is 1560. The number of aryl methyl sites for hydroxylation is 1. The summed E-state index contributed by atoms with van der Waals surface area (Å²) >= 11 is 1.46.